The van der Waals surface area contributed by atoms with Crippen molar-refractivity contribution in [2.45, 2.75) is 13.8 Å². The lowest BCUT2D eigenvalue weighted by atomic mass is 10.2. The average molecular weight is 226 g/mol. The Bertz CT molecular complexity index is 409. The zero-order chi connectivity index (χ0) is 11.4. The van der Waals surface area contributed by atoms with Crippen molar-refractivity contribution in [2.75, 3.05) is 5.32 Å². The van der Waals surface area contributed by atoms with Gasteiger partial charge in [0, 0.05) is 17.8 Å². The van der Waals surface area contributed by atoms with Crippen molar-refractivity contribution in [3.63, 3.8) is 0 Å². The number of hydrogen-bond acceptors (Lipinski definition) is 2. The van der Waals surface area contributed by atoms with Crippen molar-refractivity contribution in [1.29, 1.82) is 0 Å². The normalized spacial score (nSPS) is 9.53. The molecule has 0 unspecified atom stereocenters. The largest absolute Gasteiger partial charge is 0.506 e. The maximum absolute atomic E-state index is 11.3. The van der Waals surface area contributed by atoms with Crippen molar-refractivity contribution in [3.8, 4) is 5.75 Å². The molecular formula is C11H12ClNO2. The van der Waals surface area contributed by atoms with Crippen LogP contribution in [0.3, 0.4) is 0 Å². The predicted molar refractivity (Wildman–Crippen MR) is 61.2 cm³/mol. The van der Waals surface area contributed by atoms with Crippen LogP contribution in [0, 0.1) is 0 Å². The van der Waals surface area contributed by atoms with E-state index in [2.05, 4.69) is 5.32 Å². The number of aromatic hydroxyl groups is 1. The molecule has 1 rings (SSSR count). The Labute approximate surface area is 93.4 Å². The molecule has 2 N–H and O–H groups in total. The Morgan fingerprint density at radius 3 is 2.67 bits per heavy atom. The Morgan fingerprint density at radius 2 is 2.13 bits per heavy atom. The van der Waals surface area contributed by atoms with E-state index in [0.29, 0.717) is 5.69 Å². The highest BCUT2D eigenvalue weighted by molar-refractivity contribution is 6.32. The zero-order valence-corrected chi connectivity index (χ0v) is 9.30. The monoisotopic (exact) mass is 225 g/mol. The minimum Gasteiger partial charge on any atom is -0.506 e. The second-order valence-corrected chi connectivity index (χ2v) is 3.78. The Balaban J connectivity index is 2.78. The molecule has 3 nitrogen and oxygen atoms in total. The number of benzene rings is 1. The summed E-state index contributed by atoms with van der Waals surface area (Å²) in [5, 5.41) is 12.2. The number of halogens is 1. The molecule has 0 saturated heterocycles. The van der Waals surface area contributed by atoms with Crippen LogP contribution in [0.4, 0.5) is 5.69 Å². The molecule has 0 spiro atoms. The van der Waals surface area contributed by atoms with Crippen LogP contribution in [0.1, 0.15) is 13.8 Å². The van der Waals surface area contributed by atoms with Crippen molar-refractivity contribution < 1.29 is 9.90 Å². The van der Waals surface area contributed by atoms with Crippen LogP contribution in [0.25, 0.3) is 0 Å². The maximum atomic E-state index is 11.3. The highest BCUT2D eigenvalue weighted by Gasteiger charge is 2.02. The van der Waals surface area contributed by atoms with Crippen LogP contribution in [-0.4, -0.2) is 11.0 Å². The zero-order valence-electron chi connectivity index (χ0n) is 8.54. The number of anilines is 1. The van der Waals surface area contributed by atoms with Gasteiger partial charge < -0.3 is 10.4 Å². The van der Waals surface area contributed by atoms with Gasteiger partial charge in [-0.3, -0.25) is 4.79 Å². The number of phenolic OH excluding ortho intramolecular Hbond substituents is 1. The summed E-state index contributed by atoms with van der Waals surface area (Å²) >= 11 is 5.63. The molecule has 0 aliphatic heterocycles. The summed E-state index contributed by atoms with van der Waals surface area (Å²) in [6.45, 7) is 3.66. The summed E-state index contributed by atoms with van der Waals surface area (Å²) in [6.07, 6.45) is 1.48. The number of hydrogen-bond donors (Lipinski definition) is 2. The van der Waals surface area contributed by atoms with E-state index in [1.54, 1.807) is 6.07 Å². The van der Waals surface area contributed by atoms with Crippen LogP contribution in [-0.2, 0) is 4.79 Å². The molecule has 0 heterocycles. The summed E-state index contributed by atoms with van der Waals surface area (Å²) < 4.78 is 0. The molecule has 0 saturated carbocycles. The molecular weight excluding hydrogens is 214 g/mol. The van der Waals surface area contributed by atoms with E-state index >= 15 is 0 Å². The summed E-state index contributed by atoms with van der Waals surface area (Å²) in [6, 6.07) is 4.55. The molecule has 0 bridgehead atoms. The summed E-state index contributed by atoms with van der Waals surface area (Å²) in [5.41, 5.74) is 1.42. The summed E-state index contributed by atoms with van der Waals surface area (Å²) in [5.74, 6) is -0.275. The first kappa shape index (κ1) is 11.6. The molecule has 15 heavy (non-hydrogen) atoms. The average Bonchev–Trinajstić information content (AvgIpc) is 2.10. The number of carbonyl (C=O) groups excluding carboxylic acids is 1. The highest BCUT2D eigenvalue weighted by atomic mass is 35.5. The minimum absolute atomic E-state index is 0.0494. The van der Waals surface area contributed by atoms with Gasteiger partial charge in [0.2, 0.25) is 5.91 Å². The van der Waals surface area contributed by atoms with Gasteiger partial charge in [0.1, 0.15) is 5.75 Å². The van der Waals surface area contributed by atoms with Crippen LogP contribution in [0.15, 0.2) is 29.8 Å². The van der Waals surface area contributed by atoms with Gasteiger partial charge in [0.25, 0.3) is 0 Å². The molecule has 0 radical (unpaired) electrons. The van der Waals surface area contributed by atoms with Gasteiger partial charge in [0.05, 0.1) is 5.02 Å². The second-order valence-electron chi connectivity index (χ2n) is 3.38. The van der Waals surface area contributed by atoms with E-state index in [9.17, 15) is 9.90 Å². The number of nitrogens with one attached hydrogen (secondary N) is 1. The molecule has 0 aliphatic rings. The number of carbonyl (C=O) groups is 1. The van der Waals surface area contributed by atoms with Crippen molar-refractivity contribution >= 4 is 23.2 Å². The van der Waals surface area contributed by atoms with E-state index in [1.807, 2.05) is 13.8 Å². The van der Waals surface area contributed by atoms with Gasteiger partial charge >= 0.3 is 0 Å². The first-order valence-corrected chi connectivity index (χ1v) is 4.81. The Hall–Kier alpha value is -1.48. The first-order chi connectivity index (χ1) is 6.99. The van der Waals surface area contributed by atoms with Crippen LogP contribution in [0.2, 0.25) is 5.02 Å². The Morgan fingerprint density at radius 1 is 1.47 bits per heavy atom. The second kappa shape index (κ2) is 4.84. The van der Waals surface area contributed by atoms with Gasteiger partial charge in [-0.15, -0.1) is 0 Å². The fraction of sp³-hybridized carbons (Fsp3) is 0.182. The van der Waals surface area contributed by atoms with Crippen molar-refractivity contribution in [2.24, 2.45) is 0 Å². The lowest BCUT2D eigenvalue weighted by Gasteiger charge is -2.03. The van der Waals surface area contributed by atoms with Gasteiger partial charge in [-0.1, -0.05) is 17.2 Å². The van der Waals surface area contributed by atoms with Gasteiger partial charge in [0.15, 0.2) is 0 Å². The van der Waals surface area contributed by atoms with E-state index in [4.69, 9.17) is 11.6 Å². The molecule has 1 aromatic rings. The lowest BCUT2D eigenvalue weighted by molar-refractivity contribution is -0.111. The predicted octanol–water partition coefficient (Wildman–Crippen LogP) is 2.95. The molecule has 1 amide bonds. The van der Waals surface area contributed by atoms with Crippen molar-refractivity contribution in [3.05, 3.63) is 34.9 Å². The SMILES string of the molecule is CC(C)=CC(=O)Nc1ccc(Cl)c(O)c1. The van der Waals surface area contributed by atoms with E-state index in [-0.39, 0.29) is 16.7 Å². The number of rotatable bonds is 2. The third-order valence-corrected chi connectivity index (χ3v) is 1.95. The van der Waals surface area contributed by atoms with Crippen molar-refractivity contribution in [1.82, 2.24) is 0 Å². The van der Waals surface area contributed by atoms with Gasteiger partial charge in [-0.25, -0.2) is 0 Å². The molecule has 80 valence electrons. The molecule has 0 fully saturated rings. The number of allylic oxidation sites excluding steroid dienone is 1. The molecule has 0 aliphatic carbocycles. The van der Waals surface area contributed by atoms with Gasteiger partial charge in [-0.05, 0) is 26.0 Å². The molecule has 0 atom stereocenters. The lowest BCUT2D eigenvalue weighted by Crippen LogP contribution is -2.08. The standard InChI is InChI=1S/C11H12ClNO2/c1-7(2)5-11(15)13-8-3-4-9(12)10(14)6-8/h3-6,14H,1-2H3,(H,13,15). The first-order valence-electron chi connectivity index (χ1n) is 4.43. The van der Waals surface area contributed by atoms with Crippen LogP contribution >= 0.6 is 11.6 Å². The summed E-state index contributed by atoms with van der Waals surface area (Å²) in [4.78, 5) is 11.3. The molecule has 4 heteroatoms. The third kappa shape index (κ3) is 3.64. The smallest absolute Gasteiger partial charge is 0.248 e. The van der Waals surface area contributed by atoms with E-state index < -0.39 is 0 Å². The quantitative estimate of drug-likeness (QED) is 0.761. The minimum atomic E-state index is -0.225. The van der Waals surface area contributed by atoms with E-state index in [1.165, 1.54) is 18.2 Å². The number of phenols is 1. The number of amides is 1. The third-order valence-electron chi connectivity index (χ3n) is 1.63. The fourth-order valence-corrected chi connectivity index (χ4v) is 1.15. The van der Waals surface area contributed by atoms with Crippen LogP contribution in [0.5, 0.6) is 5.75 Å². The molecule has 0 aromatic heterocycles. The highest BCUT2D eigenvalue weighted by Crippen LogP contribution is 2.26. The molecule has 1 aromatic carbocycles. The summed E-state index contributed by atoms with van der Waals surface area (Å²) in [7, 11) is 0. The van der Waals surface area contributed by atoms with Gasteiger partial charge in [-0.2, -0.15) is 0 Å². The topological polar surface area (TPSA) is 49.3 Å². The Kier molecular flexibility index (Phi) is 3.74. The van der Waals surface area contributed by atoms with E-state index in [0.717, 1.165) is 5.57 Å². The maximum Gasteiger partial charge on any atom is 0.248 e. The fourth-order valence-electron chi connectivity index (χ4n) is 1.03. The van der Waals surface area contributed by atoms with Crippen LogP contribution < -0.4 is 5.32 Å².